The molecule has 4 N–H and O–H groups in total. The van der Waals surface area contributed by atoms with Crippen molar-refractivity contribution >= 4 is 62.2 Å². The number of benzene rings is 2. The predicted molar refractivity (Wildman–Crippen MR) is 118 cm³/mol. The second-order valence-electron chi connectivity index (χ2n) is 6.48. The number of rotatable bonds is 6. The number of halogens is 1. The number of thiazole rings is 1. The van der Waals surface area contributed by atoms with Gasteiger partial charge in [0.25, 0.3) is 11.8 Å². The van der Waals surface area contributed by atoms with Gasteiger partial charge < -0.3 is 21.1 Å². The standard InChI is InChI=1S/C20H16ClN5O4S/c21-11-6-7-14-13(8-11)26(16(28)10-30-14)9-15(27)24-19-17(18(22)29)25-20(31-19)23-12-4-2-1-3-5-12/h1-8H,9-10H2,(H2,22,29)(H,23,25)(H,24,27). The molecule has 0 saturated carbocycles. The minimum absolute atomic E-state index is 0.0754. The zero-order valence-electron chi connectivity index (χ0n) is 15.9. The lowest BCUT2D eigenvalue weighted by molar-refractivity contribution is -0.123. The van der Waals surface area contributed by atoms with E-state index in [1.54, 1.807) is 18.2 Å². The number of nitrogens with zero attached hydrogens (tertiary/aromatic N) is 2. The molecule has 2 heterocycles. The molecule has 0 unspecified atom stereocenters. The maximum absolute atomic E-state index is 12.7. The van der Waals surface area contributed by atoms with E-state index in [1.807, 2.05) is 30.3 Å². The quantitative estimate of drug-likeness (QED) is 0.522. The molecule has 0 aliphatic carbocycles. The zero-order chi connectivity index (χ0) is 22.0. The molecule has 1 aromatic heterocycles. The Labute approximate surface area is 185 Å². The molecule has 3 aromatic rings. The summed E-state index contributed by atoms with van der Waals surface area (Å²) in [6.07, 6.45) is 0. The highest BCUT2D eigenvalue weighted by atomic mass is 35.5. The highest BCUT2D eigenvalue weighted by Gasteiger charge is 2.28. The van der Waals surface area contributed by atoms with Crippen LogP contribution < -0.4 is 26.0 Å². The number of primary amides is 1. The normalized spacial score (nSPS) is 12.7. The van der Waals surface area contributed by atoms with Crippen LogP contribution in [0.4, 0.5) is 21.5 Å². The summed E-state index contributed by atoms with van der Waals surface area (Å²) < 4.78 is 5.37. The molecule has 1 aliphatic heterocycles. The third kappa shape index (κ3) is 4.60. The summed E-state index contributed by atoms with van der Waals surface area (Å²) in [6, 6.07) is 14.0. The van der Waals surface area contributed by atoms with Gasteiger partial charge in [-0.3, -0.25) is 19.3 Å². The summed E-state index contributed by atoms with van der Waals surface area (Å²) in [5.74, 6) is -1.26. The van der Waals surface area contributed by atoms with Gasteiger partial charge in [0.1, 0.15) is 17.3 Å². The fourth-order valence-corrected chi connectivity index (χ4v) is 4.00. The van der Waals surface area contributed by atoms with Crippen LogP contribution in [0.15, 0.2) is 48.5 Å². The molecular weight excluding hydrogens is 442 g/mol. The summed E-state index contributed by atoms with van der Waals surface area (Å²) in [5.41, 5.74) is 6.49. The Morgan fingerprint density at radius 3 is 2.74 bits per heavy atom. The van der Waals surface area contributed by atoms with Gasteiger partial charge in [-0.15, -0.1) is 0 Å². The minimum Gasteiger partial charge on any atom is -0.482 e. The lowest BCUT2D eigenvalue weighted by Gasteiger charge is -2.28. The fraction of sp³-hybridized carbons (Fsp3) is 0.100. The average Bonchev–Trinajstić information content (AvgIpc) is 3.13. The maximum Gasteiger partial charge on any atom is 0.270 e. The van der Waals surface area contributed by atoms with Crippen molar-refractivity contribution in [1.82, 2.24) is 4.98 Å². The van der Waals surface area contributed by atoms with Crippen molar-refractivity contribution in [2.24, 2.45) is 5.73 Å². The van der Waals surface area contributed by atoms with Gasteiger partial charge in [0.2, 0.25) is 5.91 Å². The molecule has 0 atom stereocenters. The topological polar surface area (TPSA) is 127 Å². The largest absolute Gasteiger partial charge is 0.482 e. The third-order valence-electron chi connectivity index (χ3n) is 4.30. The highest BCUT2D eigenvalue weighted by molar-refractivity contribution is 7.20. The molecule has 1 aliphatic rings. The molecule has 0 spiro atoms. The highest BCUT2D eigenvalue weighted by Crippen LogP contribution is 2.35. The van der Waals surface area contributed by atoms with Crippen molar-refractivity contribution in [2.75, 3.05) is 28.7 Å². The molecule has 2 aromatic carbocycles. The average molecular weight is 458 g/mol. The molecule has 3 amide bonds. The minimum atomic E-state index is -0.785. The van der Waals surface area contributed by atoms with E-state index in [0.29, 0.717) is 21.6 Å². The number of ether oxygens (including phenoxy) is 1. The summed E-state index contributed by atoms with van der Waals surface area (Å²) in [5, 5.41) is 6.64. The van der Waals surface area contributed by atoms with E-state index in [1.165, 1.54) is 4.90 Å². The third-order valence-corrected chi connectivity index (χ3v) is 5.43. The summed E-state index contributed by atoms with van der Waals surface area (Å²) in [4.78, 5) is 42.3. The van der Waals surface area contributed by atoms with E-state index >= 15 is 0 Å². The number of fused-ring (bicyclic) bond motifs is 1. The van der Waals surface area contributed by atoms with Crippen molar-refractivity contribution in [3.05, 3.63) is 59.2 Å². The van der Waals surface area contributed by atoms with Gasteiger partial charge in [-0.2, -0.15) is 0 Å². The Kier molecular flexibility index (Phi) is 5.74. The van der Waals surface area contributed by atoms with E-state index in [4.69, 9.17) is 22.1 Å². The Balaban J connectivity index is 1.53. The van der Waals surface area contributed by atoms with E-state index in [9.17, 15) is 14.4 Å². The Morgan fingerprint density at radius 2 is 2.00 bits per heavy atom. The van der Waals surface area contributed by atoms with Crippen LogP contribution in [-0.2, 0) is 9.59 Å². The van der Waals surface area contributed by atoms with Crippen molar-refractivity contribution in [3.8, 4) is 5.75 Å². The van der Waals surface area contributed by atoms with Crippen LogP contribution in [0.2, 0.25) is 5.02 Å². The number of carbonyl (C=O) groups is 3. The van der Waals surface area contributed by atoms with Gasteiger partial charge >= 0.3 is 0 Å². The molecule has 9 nitrogen and oxygen atoms in total. The smallest absolute Gasteiger partial charge is 0.270 e. The SMILES string of the molecule is NC(=O)c1nc(Nc2ccccc2)sc1NC(=O)CN1C(=O)COc2ccc(Cl)cc21. The first-order valence-corrected chi connectivity index (χ1v) is 10.3. The monoisotopic (exact) mass is 457 g/mol. The van der Waals surface area contributed by atoms with E-state index < -0.39 is 17.7 Å². The van der Waals surface area contributed by atoms with Gasteiger partial charge in [0.15, 0.2) is 17.4 Å². The van der Waals surface area contributed by atoms with Crippen molar-refractivity contribution in [3.63, 3.8) is 0 Å². The Bertz CT molecular complexity index is 1170. The molecule has 0 fully saturated rings. The molecule has 31 heavy (non-hydrogen) atoms. The first-order chi connectivity index (χ1) is 14.9. The molecule has 0 bridgehead atoms. The number of nitrogens with one attached hydrogen (secondary N) is 2. The summed E-state index contributed by atoms with van der Waals surface area (Å²) >= 11 is 7.08. The van der Waals surface area contributed by atoms with Crippen LogP contribution in [-0.4, -0.2) is 35.9 Å². The molecule has 0 saturated heterocycles. The number of aromatic nitrogens is 1. The Hall–Kier alpha value is -3.63. The molecule has 11 heteroatoms. The number of para-hydroxylation sites is 1. The number of anilines is 4. The van der Waals surface area contributed by atoms with Crippen LogP contribution in [0.1, 0.15) is 10.5 Å². The second kappa shape index (κ2) is 8.62. The van der Waals surface area contributed by atoms with Gasteiger partial charge in [0.05, 0.1) is 5.69 Å². The van der Waals surface area contributed by atoms with Gasteiger partial charge in [0, 0.05) is 10.7 Å². The molecule has 158 valence electrons. The van der Waals surface area contributed by atoms with Crippen LogP contribution in [0.3, 0.4) is 0 Å². The van der Waals surface area contributed by atoms with Crippen LogP contribution >= 0.6 is 22.9 Å². The number of amides is 3. The van der Waals surface area contributed by atoms with Gasteiger partial charge in [-0.25, -0.2) is 4.98 Å². The number of hydrogen-bond acceptors (Lipinski definition) is 7. The second-order valence-corrected chi connectivity index (χ2v) is 7.92. The zero-order valence-corrected chi connectivity index (χ0v) is 17.5. The maximum atomic E-state index is 12.7. The molecule has 4 rings (SSSR count). The molecule has 0 radical (unpaired) electrons. The van der Waals surface area contributed by atoms with E-state index in [2.05, 4.69) is 15.6 Å². The van der Waals surface area contributed by atoms with Crippen molar-refractivity contribution in [1.29, 1.82) is 0 Å². The number of nitrogens with two attached hydrogens (primary N) is 1. The van der Waals surface area contributed by atoms with Gasteiger partial charge in [-0.1, -0.05) is 41.1 Å². The lowest BCUT2D eigenvalue weighted by atomic mass is 10.2. The lowest BCUT2D eigenvalue weighted by Crippen LogP contribution is -2.43. The Morgan fingerprint density at radius 1 is 1.23 bits per heavy atom. The van der Waals surface area contributed by atoms with Crippen molar-refractivity contribution < 1.29 is 19.1 Å². The predicted octanol–water partition coefficient (Wildman–Crippen LogP) is 3.00. The van der Waals surface area contributed by atoms with Gasteiger partial charge in [-0.05, 0) is 30.3 Å². The molecular formula is C20H16ClN5O4S. The van der Waals surface area contributed by atoms with Crippen LogP contribution in [0.5, 0.6) is 5.75 Å². The number of carbonyl (C=O) groups excluding carboxylic acids is 3. The number of hydrogen-bond donors (Lipinski definition) is 3. The van der Waals surface area contributed by atoms with Crippen LogP contribution in [0.25, 0.3) is 0 Å². The first kappa shape index (κ1) is 20.6. The van der Waals surface area contributed by atoms with E-state index in [-0.39, 0.29) is 23.8 Å². The van der Waals surface area contributed by atoms with Crippen LogP contribution in [0, 0.1) is 0 Å². The summed E-state index contributed by atoms with van der Waals surface area (Å²) in [7, 11) is 0. The fourth-order valence-electron chi connectivity index (χ4n) is 2.93. The summed E-state index contributed by atoms with van der Waals surface area (Å²) in [6.45, 7) is -0.493. The van der Waals surface area contributed by atoms with E-state index in [0.717, 1.165) is 17.0 Å². The van der Waals surface area contributed by atoms with Crippen molar-refractivity contribution in [2.45, 2.75) is 0 Å². The first-order valence-electron chi connectivity index (χ1n) is 9.06.